The molecule has 2 rings (SSSR count). The normalized spacial score (nSPS) is 11.8. The predicted molar refractivity (Wildman–Crippen MR) is 58.8 cm³/mol. The summed E-state index contributed by atoms with van der Waals surface area (Å²) >= 11 is 2.94. The largest absolute Gasteiger partial charge is 0.573 e. The summed E-state index contributed by atoms with van der Waals surface area (Å²) in [5.41, 5.74) is 0.342. The Bertz CT molecular complexity index is 594. The lowest BCUT2D eigenvalue weighted by Crippen LogP contribution is -2.16. The fraction of sp³-hybridized carbons (Fsp3) is 0.200. The zero-order valence-corrected chi connectivity index (χ0v) is 10.2. The highest BCUT2D eigenvalue weighted by Crippen LogP contribution is 2.26. The van der Waals surface area contributed by atoms with Crippen LogP contribution in [0.5, 0.6) is 5.75 Å². The van der Waals surface area contributed by atoms with E-state index in [1.54, 1.807) is 0 Å². The Balaban J connectivity index is 2.37. The van der Waals surface area contributed by atoms with Gasteiger partial charge in [-0.1, -0.05) is 15.9 Å². The fourth-order valence-corrected chi connectivity index (χ4v) is 1.52. The molecule has 0 amide bonds. The van der Waals surface area contributed by atoms with Crippen LogP contribution in [0.25, 0.3) is 11.1 Å². The number of ketones is 1. The van der Waals surface area contributed by atoms with Crippen molar-refractivity contribution in [2.75, 3.05) is 5.33 Å². The molecule has 4 nitrogen and oxygen atoms in total. The number of aromatic nitrogens is 1. The Kier molecular flexibility index (Phi) is 3.29. The summed E-state index contributed by atoms with van der Waals surface area (Å²) < 4.78 is 44.8. The summed E-state index contributed by atoms with van der Waals surface area (Å²) in [6.07, 6.45) is -4.78. The number of carbonyl (C=O) groups is 1. The molecular weight excluding hydrogens is 319 g/mol. The van der Waals surface area contributed by atoms with E-state index in [0.29, 0.717) is 0 Å². The molecule has 0 aliphatic carbocycles. The second-order valence-corrected chi connectivity index (χ2v) is 3.81. The summed E-state index contributed by atoms with van der Waals surface area (Å²) in [6.45, 7) is 0. The van der Waals surface area contributed by atoms with Gasteiger partial charge in [0.05, 0.1) is 5.33 Å². The monoisotopic (exact) mass is 323 g/mol. The first-order valence-electron chi connectivity index (χ1n) is 4.64. The molecule has 96 valence electrons. The maximum Gasteiger partial charge on any atom is 0.573 e. The van der Waals surface area contributed by atoms with Gasteiger partial charge in [-0.25, -0.2) is 4.98 Å². The minimum absolute atomic E-state index is 0.0196. The molecule has 0 N–H and O–H groups in total. The highest BCUT2D eigenvalue weighted by molar-refractivity contribution is 9.09. The number of halogens is 4. The Morgan fingerprint density at radius 3 is 2.78 bits per heavy atom. The van der Waals surface area contributed by atoms with Gasteiger partial charge >= 0.3 is 6.36 Å². The minimum atomic E-state index is -4.78. The van der Waals surface area contributed by atoms with Gasteiger partial charge in [-0.2, -0.15) is 0 Å². The summed E-state index contributed by atoms with van der Waals surface area (Å²) in [7, 11) is 0. The number of ether oxygens (including phenoxy) is 1. The smallest absolute Gasteiger partial charge is 0.434 e. The summed E-state index contributed by atoms with van der Waals surface area (Å²) in [6, 6.07) is 3.41. The second-order valence-electron chi connectivity index (χ2n) is 3.25. The topological polar surface area (TPSA) is 52.3 Å². The van der Waals surface area contributed by atoms with Crippen molar-refractivity contribution >= 4 is 32.8 Å². The van der Waals surface area contributed by atoms with Crippen LogP contribution >= 0.6 is 15.9 Å². The van der Waals surface area contributed by atoms with E-state index in [9.17, 15) is 18.0 Å². The van der Waals surface area contributed by atoms with E-state index in [2.05, 4.69) is 25.7 Å². The van der Waals surface area contributed by atoms with Crippen LogP contribution < -0.4 is 4.74 Å². The maximum absolute atomic E-state index is 12.0. The van der Waals surface area contributed by atoms with Crippen LogP contribution in [0.3, 0.4) is 0 Å². The SMILES string of the molecule is O=C(CBr)c1nc2ccc(OC(F)(F)F)cc2o1. The summed E-state index contributed by atoms with van der Waals surface area (Å²) in [5, 5.41) is 0.0196. The molecule has 0 radical (unpaired) electrons. The summed E-state index contributed by atoms with van der Waals surface area (Å²) in [4.78, 5) is 15.1. The Labute approximate surface area is 107 Å². The van der Waals surface area contributed by atoms with Crippen LogP contribution in [-0.2, 0) is 0 Å². The third-order valence-corrected chi connectivity index (χ3v) is 2.46. The molecule has 0 aliphatic rings. The molecule has 1 aromatic heterocycles. The quantitative estimate of drug-likeness (QED) is 0.642. The number of fused-ring (bicyclic) bond motifs is 1. The molecule has 0 saturated carbocycles. The van der Waals surface area contributed by atoms with Crippen LogP contribution in [0.1, 0.15) is 10.7 Å². The van der Waals surface area contributed by atoms with Gasteiger partial charge < -0.3 is 9.15 Å². The number of alkyl halides is 4. The van der Waals surface area contributed by atoms with Gasteiger partial charge in [-0.3, -0.25) is 4.79 Å². The third kappa shape index (κ3) is 2.81. The zero-order valence-electron chi connectivity index (χ0n) is 8.62. The molecule has 0 saturated heterocycles. The number of nitrogens with zero attached hydrogens (tertiary/aromatic N) is 1. The molecular formula is C10H5BrF3NO3. The van der Waals surface area contributed by atoms with E-state index in [4.69, 9.17) is 4.42 Å². The molecule has 0 spiro atoms. The number of hydrogen-bond acceptors (Lipinski definition) is 4. The molecule has 1 heterocycles. The molecule has 1 aromatic carbocycles. The molecule has 0 unspecified atom stereocenters. The van der Waals surface area contributed by atoms with E-state index < -0.39 is 17.9 Å². The number of carbonyl (C=O) groups excluding carboxylic acids is 1. The average Bonchev–Trinajstić information content (AvgIpc) is 2.68. The molecule has 0 aliphatic heterocycles. The zero-order chi connectivity index (χ0) is 13.3. The second kappa shape index (κ2) is 4.60. The maximum atomic E-state index is 12.0. The Morgan fingerprint density at radius 1 is 1.44 bits per heavy atom. The Hall–Kier alpha value is -1.57. The molecule has 8 heteroatoms. The van der Waals surface area contributed by atoms with Gasteiger partial charge in [0.2, 0.25) is 5.78 Å². The van der Waals surface area contributed by atoms with Crippen molar-refractivity contribution in [3.63, 3.8) is 0 Å². The van der Waals surface area contributed by atoms with E-state index >= 15 is 0 Å². The number of oxazole rings is 1. The van der Waals surface area contributed by atoms with Gasteiger partial charge in [-0.15, -0.1) is 13.2 Å². The number of Topliss-reactive ketones (excluding diaryl/α,β-unsaturated/α-hetero) is 1. The summed E-state index contributed by atoms with van der Waals surface area (Å²) in [5.74, 6) is -0.987. The molecule has 2 aromatic rings. The fourth-order valence-electron chi connectivity index (χ4n) is 1.28. The van der Waals surface area contributed by atoms with E-state index in [0.717, 1.165) is 12.1 Å². The van der Waals surface area contributed by atoms with Gasteiger partial charge in [0, 0.05) is 6.07 Å². The predicted octanol–water partition coefficient (Wildman–Crippen LogP) is 3.30. The standard InChI is InChI=1S/C10H5BrF3NO3/c11-4-7(16)9-15-6-2-1-5(3-8(6)17-9)18-10(12,13)14/h1-3H,4H2. The Morgan fingerprint density at radius 2 is 2.17 bits per heavy atom. The minimum Gasteiger partial charge on any atom is -0.434 e. The van der Waals surface area contributed by atoms with Crippen molar-refractivity contribution < 1.29 is 27.1 Å². The van der Waals surface area contributed by atoms with Crippen molar-refractivity contribution in [1.82, 2.24) is 4.98 Å². The van der Waals surface area contributed by atoms with E-state index in [1.807, 2.05) is 0 Å². The van der Waals surface area contributed by atoms with Crippen molar-refractivity contribution in [3.05, 3.63) is 24.1 Å². The lowest BCUT2D eigenvalue weighted by molar-refractivity contribution is -0.274. The average molecular weight is 324 g/mol. The van der Waals surface area contributed by atoms with E-state index in [1.165, 1.54) is 6.07 Å². The first-order chi connectivity index (χ1) is 8.39. The first-order valence-corrected chi connectivity index (χ1v) is 5.77. The van der Waals surface area contributed by atoms with Crippen LogP contribution in [-0.4, -0.2) is 22.5 Å². The van der Waals surface area contributed by atoms with E-state index in [-0.39, 0.29) is 22.3 Å². The van der Waals surface area contributed by atoms with Crippen molar-refractivity contribution in [2.45, 2.75) is 6.36 Å². The van der Waals surface area contributed by atoms with Crippen molar-refractivity contribution in [3.8, 4) is 5.75 Å². The van der Waals surface area contributed by atoms with Gasteiger partial charge in [0.1, 0.15) is 11.3 Å². The van der Waals surface area contributed by atoms with Crippen LogP contribution in [0, 0.1) is 0 Å². The van der Waals surface area contributed by atoms with Crippen LogP contribution in [0.4, 0.5) is 13.2 Å². The van der Waals surface area contributed by atoms with Crippen LogP contribution in [0.15, 0.2) is 22.6 Å². The first kappa shape index (κ1) is 12.9. The number of hydrogen-bond donors (Lipinski definition) is 0. The van der Waals surface area contributed by atoms with Crippen molar-refractivity contribution in [1.29, 1.82) is 0 Å². The third-order valence-electron chi connectivity index (χ3n) is 1.95. The van der Waals surface area contributed by atoms with Gasteiger partial charge in [-0.05, 0) is 12.1 Å². The van der Waals surface area contributed by atoms with Crippen molar-refractivity contribution in [2.24, 2.45) is 0 Å². The molecule has 18 heavy (non-hydrogen) atoms. The number of benzene rings is 1. The lowest BCUT2D eigenvalue weighted by atomic mass is 10.3. The van der Waals surface area contributed by atoms with Crippen LogP contribution in [0.2, 0.25) is 0 Å². The lowest BCUT2D eigenvalue weighted by Gasteiger charge is -2.07. The van der Waals surface area contributed by atoms with Gasteiger partial charge in [0.25, 0.3) is 5.89 Å². The highest BCUT2D eigenvalue weighted by atomic mass is 79.9. The van der Waals surface area contributed by atoms with Gasteiger partial charge in [0.15, 0.2) is 5.58 Å². The molecule has 0 atom stereocenters. The molecule has 0 fully saturated rings. The number of rotatable bonds is 3. The molecule has 0 bridgehead atoms. The highest BCUT2D eigenvalue weighted by Gasteiger charge is 2.31.